The van der Waals surface area contributed by atoms with E-state index in [-0.39, 0.29) is 5.41 Å². The van der Waals surface area contributed by atoms with Gasteiger partial charge in [-0.05, 0) is 12.0 Å². The molecule has 1 N–H and O–H groups in total. The van der Waals surface area contributed by atoms with Gasteiger partial charge in [-0.15, -0.1) is 11.3 Å². The number of aromatic nitrogens is 1. The summed E-state index contributed by atoms with van der Waals surface area (Å²) < 4.78 is 0. The van der Waals surface area contributed by atoms with Gasteiger partial charge in [0.25, 0.3) is 0 Å². The van der Waals surface area contributed by atoms with E-state index in [4.69, 9.17) is 0 Å². The van der Waals surface area contributed by atoms with Crippen LogP contribution < -0.4 is 5.32 Å². The van der Waals surface area contributed by atoms with Gasteiger partial charge in [0, 0.05) is 37.1 Å². The minimum absolute atomic E-state index is 0.195. The molecule has 3 rings (SSSR count). The van der Waals surface area contributed by atoms with Crippen LogP contribution in [0, 0.1) is 0 Å². The third-order valence-corrected chi connectivity index (χ3v) is 5.12. The van der Waals surface area contributed by atoms with Gasteiger partial charge in [-0.25, -0.2) is 4.98 Å². The lowest BCUT2D eigenvalue weighted by Gasteiger charge is -2.27. The number of guanidine groups is 1. The molecule has 2 heterocycles. The van der Waals surface area contributed by atoms with Crippen molar-refractivity contribution in [1.82, 2.24) is 15.2 Å². The molecule has 22 heavy (non-hydrogen) atoms. The Morgan fingerprint density at radius 3 is 2.91 bits per heavy atom. The molecule has 1 fully saturated rings. The Bertz CT molecular complexity index is 623. The Kier molecular flexibility index (Phi) is 4.43. The molecular formula is C17H22N4S. The average Bonchev–Trinajstić information content (AvgIpc) is 3.20. The van der Waals surface area contributed by atoms with Crippen molar-refractivity contribution in [2.24, 2.45) is 4.99 Å². The van der Waals surface area contributed by atoms with Crippen LogP contribution in [-0.2, 0) is 12.0 Å². The van der Waals surface area contributed by atoms with Crippen molar-refractivity contribution in [3.8, 4) is 0 Å². The van der Waals surface area contributed by atoms with E-state index in [1.165, 1.54) is 5.56 Å². The second-order valence-corrected chi connectivity index (χ2v) is 6.90. The zero-order valence-corrected chi connectivity index (χ0v) is 13.9. The lowest BCUT2D eigenvalue weighted by Crippen LogP contribution is -2.41. The topological polar surface area (TPSA) is 40.5 Å². The second kappa shape index (κ2) is 6.48. The van der Waals surface area contributed by atoms with Crippen molar-refractivity contribution in [1.29, 1.82) is 0 Å². The number of rotatable bonds is 3. The molecular weight excluding hydrogens is 292 g/mol. The molecule has 116 valence electrons. The molecule has 0 spiro atoms. The Hall–Kier alpha value is -1.88. The molecule has 1 atom stereocenters. The van der Waals surface area contributed by atoms with Crippen LogP contribution in [0.15, 0.2) is 46.9 Å². The van der Waals surface area contributed by atoms with Crippen molar-refractivity contribution in [3.63, 3.8) is 0 Å². The van der Waals surface area contributed by atoms with Crippen LogP contribution in [0.4, 0.5) is 0 Å². The molecule has 1 aliphatic rings. The van der Waals surface area contributed by atoms with E-state index in [9.17, 15) is 0 Å². The molecule has 0 aliphatic carbocycles. The highest BCUT2D eigenvalue weighted by molar-refractivity contribution is 7.09. The minimum Gasteiger partial charge on any atom is -0.350 e. The van der Waals surface area contributed by atoms with Crippen molar-refractivity contribution in [2.45, 2.75) is 25.3 Å². The van der Waals surface area contributed by atoms with Gasteiger partial charge in [0.2, 0.25) is 0 Å². The van der Waals surface area contributed by atoms with Crippen LogP contribution in [0.3, 0.4) is 0 Å². The summed E-state index contributed by atoms with van der Waals surface area (Å²) in [4.78, 5) is 11.1. The lowest BCUT2D eigenvalue weighted by molar-refractivity contribution is 0.438. The number of likely N-dealkylation sites (tertiary alicyclic amines) is 1. The van der Waals surface area contributed by atoms with Crippen LogP contribution in [0.1, 0.15) is 23.9 Å². The molecule has 1 saturated heterocycles. The first-order valence-corrected chi connectivity index (χ1v) is 8.49. The number of aliphatic imine (C=N–C) groups is 1. The van der Waals surface area contributed by atoms with Crippen molar-refractivity contribution in [2.75, 3.05) is 20.1 Å². The number of benzene rings is 1. The summed E-state index contributed by atoms with van der Waals surface area (Å²) in [6, 6.07) is 10.8. The summed E-state index contributed by atoms with van der Waals surface area (Å²) in [5, 5.41) is 6.52. The standard InChI is InChI=1S/C17H22N4S/c1-17(14-6-4-3-5-7-14)8-10-21(13-17)16(18-2)20-12-15-19-9-11-22-15/h3-7,9,11H,8,10,12-13H2,1-2H3,(H,18,20). The molecule has 1 unspecified atom stereocenters. The molecule has 0 amide bonds. The highest BCUT2D eigenvalue weighted by Gasteiger charge is 2.36. The van der Waals surface area contributed by atoms with Gasteiger partial charge in [0.05, 0.1) is 6.54 Å². The first-order valence-electron chi connectivity index (χ1n) is 7.61. The van der Waals surface area contributed by atoms with Crippen LogP contribution >= 0.6 is 11.3 Å². The summed E-state index contributed by atoms with van der Waals surface area (Å²) in [7, 11) is 1.85. The SMILES string of the molecule is CN=C(NCc1nccs1)N1CCC(C)(c2ccccc2)C1. The van der Waals surface area contributed by atoms with Gasteiger partial charge in [0.1, 0.15) is 5.01 Å². The van der Waals surface area contributed by atoms with Gasteiger partial charge in [-0.1, -0.05) is 37.3 Å². The molecule has 0 radical (unpaired) electrons. The molecule has 4 nitrogen and oxygen atoms in total. The Labute approximate surface area is 135 Å². The second-order valence-electron chi connectivity index (χ2n) is 5.92. The van der Waals surface area contributed by atoms with E-state index in [1.807, 2.05) is 18.6 Å². The highest BCUT2D eigenvalue weighted by Crippen LogP contribution is 2.33. The van der Waals surface area contributed by atoms with Crippen LogP contribution in [0.25, 0.3) is 0 Å². The van der Waals surface area contributed by atoms with Gasteiger partial charge < -0.3 is 10.2 Å². The normalized spacial score (nSPS) is 22.1. The summed E-state index contributed by atoms with van der Waals surface area (Å²) >= 11 is 1.67. The van der Waals surface area contributed by atoms with Crippen molar-refractivity contribution >= 4 is 17.3 Å². The number of nitrogens with one attached hydrogen (secondary N) is 1. The monoisotopic (exact) mass is 314 g/mol. The zero-order valence-electron chi connectivity index (χ0n) is 13.1. The van der Waals surface area contributed by atoms with Crippen molar-refractivity contribution < 1.29 is 0 Å². The van der Waals surface area contributed by atoms with E-state index in [1.54, 1.807) is 11.3 Å². The lowest BCUT2D eigenvalue weighted by atomic mass is 9.82. The predicted molar refractivity (Wildman–Crippen MR) is 92.3 cm³/mol. The van der Waals surface area contributed by atoms with Gasteiger partial charge in [-0.3, -0.25) is 4.99 Å². The van der Waals surface area contributed by atoms with E-state index in [0.717, 1.165) is 37.0 Å². The third kappa shape index (κ3) is 3.14. The van der Waals surface area contributed by atoms with Crippen LogP contribution in [-0.4, -0.2) is 36.0 Å². The summed E-state index contributed by atoms with van der Waals surface area (Å²) in [6.45, 7) is 5.11. The van der Waals surface area contributed by atoms with Crippen molar-refractivity contribution in [3.05, 3.63) is 52.5 Å². The van der Waals surface area contributed by atoms with Crippen LogP contribution in [0.2, 0.25) is 0 Å². The summed E-state index contributed by atoms with van der Waals surface area (Å²) in [5.41, 5.74) is 1.60. The summed E-state index contributed by atoms with van der Waals surface area (Å²) in [6.07, 6.45) is 2.99. The number of hydrogen-bond donors (Lipinski definition) is 1. The number of thiazole rings is 1. The largest absolute Gasteiger partial charge is 0.350 e. The smallest absolute Gasteiger partial charge is 0.194 e. The molecule has 1 aromatic carbocycles. The molecule has 0 bridgehead atoms. The van der Waals surface area contributed by atoms with Crippen LogP contribution in [0.5, 0.6) is 0 Å². The fourth-order valence-corrected chi connectivity index (χ4v) is 3.60. The first kappa shape index (κ1) is 15.0. The molecule has 1 aliphatic heterocycles. The Morgan fingerprint density at radius 1 is 1.41 bits per heavy atom. The van der Waals surface area contributed by atoms with E-state index in [0.29, 0.717) is 0 Å². The quantitative estimate of drug-likeness (QED) is 0.699. The fourth-order valence-electron chi connectivity index (χ4n) is 3.05. The van der Waals surface area contributed by atoms with Gasteiger partial charge in [0.15, 0.2) is 5.96 Å². The molecule has 2 aromatic rings. The van der Waals surface area contributed by atoms with E-state index >= 15 is 0 Å². The molecule has 0 saturated carbocycles. The first-order chi connectivity index (χ1) is 10.7. The summed E-state index contributed by atoms with van der Waals surface area (Å²) in [5.74, 6) is 0.967. The maximum Gasteiger partial charge on any atom is 0.194 e. The maximum absolute atomic E-state index is 4.44. The minimum atomic E-state index is 0.195. The molecule has 1 aromatic heterocycles. The van der Waals surface area contributed by atoms with Gasteiger partial charge >= 0.3 is 0 Å². The number of nitrogens with zero attached hydrogens (tertiary/aromatic N) is 3. The fraction of sp³-hybridized carbons (Fsp3) is 0.412. The molecule has 5 heteroatoms. The Morgan fingerprint density at radius 2 is 2.23 bits per heavy atom. The maximum atomic E-state index is 4.44. The number of hydrogen-bond acceptors (Lipinski definition) is 3. The van der Waals surface area contributed by atoms with E-state index in [2.05, 4.69) is 57.4 Å². The third-order valence-electron chi connectivity index (χ3n) is 4.34. The van der Waals surface area contributed by atoms with E-state index < -0.39 is 0 Å². The Balaban J connectivity index is 1.65. The van der Waals surface area contributed by atoms with Gasteiger partial charge in [-0.2, -0.15) is 0 Å². The zero-order chi connectivity index (χ0) is 15.4. The highest BCUT2D eigenvalue weighted by atomic mass is 32.1. The predicted octanol–water partition coefficient (Wildman–Crippen LogP) is 2.88. The average molecular weight is 314 g/mol.